The molecule has 0 aliphatic carbocycles. The van der Waals surface area contributed by atoms with Crippen LogP contribution in [0, 0.1) is 6.92 Å². The van der Waals surface area contributed by atoms with Crippen molar-refractivity contribution < 1.29 is 19.2 Å². The summed E-state index contributed by atoms with van der Waals surface area (Å²) in [5, 5.41) is 10.8. The van der Waals surface area contributed by atoms with Crippen molar-refractivity contribution in [2.24, 2.45) is 0 Å². The highest BCUT2D eigenvalue weighted by Gasteiger charge is 2.25. The number of carbonyl (C=O) groups is 2. The van der Waals surface area contributed by atoms with E-state index >= 15 is 0 Å². The first kappa shape index (κ1) is 11.8. The molecule has 92 valence electrons. The van der Waals surface area contributed by atoms with Crippen molar-refractivity contribution in [3.8, 4) is 0 Å². The Morgan fingerprint density at radius 3 is 2.67 bits per heavy atom. The summed E-state index contributed by atoms with van der Waals surface area (Å²) >= 11 is 0. The van der Waals surface area contributed by atoms with E-state index in [4.69, 9.17) is 5.11 Å². The predicted molar refractivity (Wildman–Crippen MR) is 60.9 cm³/mol. The molecule has 0 amide bonds. The molecule has 0 radical (unpaired) electrons. The molecular weight excluding hydrogens is 238 g/mol. The number of aryl methyl sites for hydroxylation is 1. The molecule has 18 heavy (non-hydrogen) atoms. The van der Waals surface area contributed by atoms with E-state index in [0.717, 1.165) is 5.56 Å². The van der Waals surface area contributed by atoms with E-state index in [1.165, 1.54) is 6.07 Å². The van der Waals surface area contributed by atoms with Crippen molar-refractivity contribution in [2.45, 2.75) is 6.92 Å². The molecular formula is C12H9NO5. The second-order valence-corrected chi connectivity index (χ2v) is 3.75. The summed E-state index contributed by atoms with van der Waals surface area (Å²) in [5.74, 6) is -2.09. The summed E-state index contributed by atoms with van der Waals surface area (Å²) in [6.45, 7) is 1.79. The van der Waals surface area contributed by atoms with Crippen LogP contribution in [0.3, 0.4) is 0 Å². The largest absolute Gasteiger partial charge is 0.476 e. The third-order valence-electron chi connectivity index (χ3n) is 2.42. The Balaban J connectivity index is 2.56. The number of ketones is 1. The summed E-state index contributed by atoms with van der Waals surface area (Å²) in [7, 11) is 0. The lowest BCUT2D eigenvalue weighted by Gasteiger charge is -1.99. The van der Waals surface area contributed by atoms with Gasteiger partial charge in [-0.3, -0.25) is 4.79 Å². The van der Waals surface area contributed by atoms with Crippen LogP contribution >= 0.6 is 0 Å². The molecule has 0 bridgehead atoms. The lowest BCUT2D eigenvalue weighted by Crippen LogP contribution is -2.15. The second kappa shape index (κ2) is 4.33. The van der Waals surface area contributed by atoms with Gasteiger partial charge in [0.25, 0.3) is 0 Å². The number of benzene rings is 1. The molecule has 1 heterocycles. The van der Waals surface area contributed by atoms with Crippen molar-refractivity contribution in [1.82, 2.24) is 5.16 Å². The predicted octanol–water partition coefficient (Wildman–Crippen LogP) is 1.21. The highest BCUT2D eigenvalue weighted by Crippen LogP contribution is 2.11. The number of nitrogens with one attached hydrogen (secondary N) is 1. The van der Waals surface area contributed by atoms with Gasteiger partial charge in [0.05, 0.1) is 0 Å². The molecule has 1 aromatic heterocycles. The van der Waals surface area contributed by atoms with Gasteiger partial charge in [0.1, 0.15) is 5.56 Å². The van der Waals surface area contributed by atoms with Crippen LogP contribution in [0.25, 0.3) is 0 Å². The normalized spacial score (nSPS) is 10.3. The summed E-state index contributed by atoms with van der Waals surface area (Å²) in [6, 6.07) is 6.51. The Kier molecular flexibility index (Phi) is 2.85. The summed E-state index contributed by atoms with van der Waals surface area (Å²) < 4.78 is 4.35. The molecule has 0 spiro atoms. The summed E-state index contributed by atoms with van der Waals surface area (Å²) in [5.41, 5.74) is -0.944. The average Bonchev–Trinajstić information content (AvgIpc) is 2.70. The number of aromatic carboxylic acids is 1. The minimum absolute atomic E-state index is 0.240. The quantitative estimate of drug-likeness (QED) is 0.794. The van der Waals surface area contributed by atoms with Gasteiger partial charge in [-0.05, 0) is 13.0 Å². The second-order valence-electron chi connectivity index (χ2n) is 3.75. The average molecular weight is 247 g/mol. The number of aromatic amines is 1. The van der Waals surface area contributed by atoms with Crippen LogP contribution in [0.4, 0.5) is 0 Å². The maximum atomic E-state index is 12.1. The zero-order valence-electron chi connectivity index (χ0n) is 9.39. The first-order chi connectivity index (χ1) is 8.50. The lowest BCUT2D eigenvalue weighted by molar-refractivity contribution is 0.0682. The molecule has 2 N–H and O–H groups in total. The van der Waals surface area contributed by atoms with Gasteiger partial charge in [-0.15, -0.1) is 0 Å². The van der Waals surface area contributed by atoms with Gasteiger partial charge >= 0.3 is 11.6 Å². The molecule has 1 aromatic carbocycles. The minimum Gasteiger partial charge on any atom is -0.476 e. The molecule has 0 saturated carbocycles. The number of aromatic nitrogens is 1. The zero-order valence-corrected chi connectivity index (χ0v) is 9.39. The Morgan fingerprint density at radius 1 is 1.33 bits per heavy atom. The van der Waals surface area contributed by atoms with Gasteiger partial charge in [-0.25, -0.2) is 14.7 Å². The molecule has 2 aromatic rings. The SMILES string of the molecule is Cc1cccc(C(=O)c2c(C(=O)O)[nH]oc2=O)c1. The van der Waals surface area contributed by atoms with Gasteiger partial charge < -0.3 is 9.63 Å². The number of hydrogen-bond acceptors (Lipinski definition) is 4. The molecule has 0 fully saturated rings. The fourth-order valence-electron chi connectivity index (χ4n) is 1.59. The third-order valence-corrected chi connectivity index (χ3v) is 2.42. The fourth-order valence-corrected chi connectivity index (χ4v) is 1.59. The minimum atomic E-state index is -1.42. The van der Waals surface area contributed by atoms with E-state index in [0.29, 0.717) is 0 Å². The summed E-state index contributed by atoms with van der Waals surface area (Å²) in [6.07, 6.45) is 0. The van der Waals surface area contributed by atoms with E-state index in [1.54, 1.807) is 25.1 Å². The topological polar surface area (TPSA) is 100 Å². The zero-order chi connectivity index (χ0) is 13.3. The number of hydrogen-bond donors (Lipinski definition) is 2. The number of H-pyrrole nitrogens is 1. The highest BCUT2D eigenvalue weighted by molar-refractivity contribution is 6.13. The van der Waals surface area contributed by atoms with Crippen molar-refractivity contribution in [3.05, 3.63) is 57.1 Å². The van der Waals surface area contributed by atoms with Crippen LogP contribution in [0.15, 0.2) is 33.6 Å². The molecule has 0 aliphatic rings. The van der Waals surface area contributed by atoms with Crippen LogP contribution in [-0.4, -0.2) is 22.0 Å². The molecule has 0 unspecified atom stereocenters. The van der Waals surface area contributed by atoms with Gasteiger partial charge in [-0.1, -0.05) is 23.8 Å². The molecule has 0 aliphatic heterocycles. The van der Waals surface area contributed by atoms with Crippen molar-refractivity contribution in [3.63, 3.8) is 0 Å². The van der Waals surface area contributed by atoms with E-state index in [2.05, 4.69) is 4.52 Å². The molecule has 0 saturated heterocycles. The van der Waals surface area contributed by atoms with Crippen molar-refractivity contribution in [1.29, 1.82) is 0 Å². The van der Waals surface area contributed by atoms with Crippen molar-refractivity contribution >= 4 is 11.8 Å². The number of carbonyl (C=O) groups excluding carboxylic acids is 1. The van der Waals surface area contributed by atoms with E-state index < -0.39 is 28.6 Å². The number of carboxylic acid groups (broad SMARTS) is 1. The lowest BCUT2D eigenvalue weighted by atomic mass is 10.0. The van der Waals surface area contributed by atoms with Gasteiger partial charge in [0.2, 0.25) is 5.78 Å². The van der Waals surface area contributed by atoms with Gasteiger partial charge in [0.15, 0.2) is 5.69 Å². The first-order valence-corrected chi connectivity index (χ1v) is 5.07. The highest BCUT2D eigenvalue weighted by atomic mass is 16.5. The molecule has 2 rings (SSSR count). The maximum Gasteiger partial charge on any atom is 0.369 e. The summed E-state index contributed by atoms with van der Waals surface area (Å²) in [4.78, 5) is 34.3. The van der Waals surface area contributed by atoms with Crippen molar-refractivity contribution in [2.75, 3.05) is 0 Å². The molecule has 6 nitrogen and oxygen atoms in total. The third kappa shape index (κ3) is 1.95. The standard InChI is InChI=1S/C12H9NO5/c1-6-3-2-4-7(5-6)10(14)8-9(11(15)16)13-18-12(8)17/h2-5,13H,1H3,(H,15,16). The van der Waals surface area contributed by atoms with Crippen LogP contribution in [0.5, 0.6) is 0 Å². The Bertz CT molecular complexity index is 680. The van der Waals surface area contributed by atoms with E-state index in [-0.39, 0.29) is 5.56 Å². The van der Waals surface area contributed by atoms with Crippen LogP contribution < -0.4 is 5.63 Å². The van der Waals surface area contributed by atoms with Crippen LogP contribution in [0.2, 0.25) is 0 Å². The Labute approximate surface area is 101 Å². The first-order valence-electron chi connectivity index (χ1n) is 5.07. The van der Waals surface area contributed by atoms with Crippen LogP contribution in [0.1, 0.15) is 32.0 Å². The van der Waals surface area contributed by atoms with Gasteiger partial charge in [-0.2, -0.15) is 0 Å². The van der Waals surface area contributed by atoms with E-state index in [1.807, 2.05) is 5.16 Å². The monoisotopic (exact) mass is 247 g/mol. The maximum absolute atomic E-state index is 12.1. The molecule has 6 heteroatoms. The Hall–Kier alpha value is -2.63. The van der Waals surface area contributed by atoms with Gasteiger partial charge in [0, 0.05) is 5.56 Å². The number of rotatable bonds is 3. The van der Waals surface area contributed by atoms with Crippen LogP contribution in [-0.2, 0) is 0 Å². The fraction of sp³-hybridized carbons (Fsp3) is 0.0833. The molecule has 0 atom stereocenters. The van der Waals surface area contributed by atoms with E-state index in [9.17, 15) is 14.4 Å². The number of carboxylic acids is 1. The smallest absolute Gasteiger partial charge is 0.369 e. The Morgan fingerprint density at radius 2 is 2.06 bits per heavy atom.